The van der Waals surface area contributed by atoms with E-state index in [1.54, 1.807) is 0 Å². The van der Waals surface area contributed by atoms with Crippen LogP contribution in [0.2, 0.25) is 0 Å². The Bertz CT molecular complexity index is 1160. The van der Waals surface area contributed by atoms with Crippen LogP contribution in [0, 0.1) is 6.92 Å². The molecule has 2 aromatic carbocycles. The molecule has 1 aromatic heterocycles. The first-order valence-corrected chi connectivity index (χ1v) is 11.8. The van der Waals surface area contributed by atoms with Crippen molar-refractivity contribution in [1.82, 2.24) is 4.98 Å². The second kappa shape index (κ2) is 10.2. The Morgan fingerprint density at radius 2 is 1.76 bits per heavy atom. The number of carbonyl (C=O) groups is 1. The van der Waals surface area contributed by atoms with Crippen LogP contribution in [0.15, 0.2) is 67.0 Å². The topological polar surface area (TPSA) is 45.7 Å². The predicted molar refractivity (Wildman–Crippen MR) is 141 cm³/mol. The minimum atomic E-state index is 0.194. The van der Waals surface area contributed by atoms with E-state index in [2.05, 4.69) is 86.2 Å². The highest BCUT2D eigenvalue weighted by Gasteiger charge is 2.23. The van der Waals surface area contributed by atoms with Gasteiger partial charge in [-0.3, -0.25) is 4.79 Å². The van der Waals surface area contributed by atoms with Crippen LogP contribution in [0.25, 0.3) is 16.7 Å². The highest BCUT2D eigenvalue weighted by atomic mass is 16.5. The number of aldehydes is 1. The third kappa shape index (κ3) is 5.20. The van der Waals surface area contributed by atoms with Gasteiger partial charge in [0.1, 0.15) is 5.82 Å². The normalized spacial score (nSPS) is 18.6. The molecule has 2 heterocycles. The van der Waals surface area contributed by atoms with E-state index in [4.69, 9.17) is 9.72 Å². The van der Waals surface area contributed by atoms with E-state index in [0.29, 0.717) is 5.56 Å². The number of pyridine rings is 1. The van der Waals surface area contributed by atoms with E-state index in [0.717, 1.165) is 53.1 Å². The lowest BCUT2D eigenvalue weighted by Gasteiger charge is -2.36. The minimum absolute atomic E-state index is 0.194. The molecule has 1 aliphatic heterocycles. The lowest BCUT2D eigenvalue weighted by molar-refractivity contribution is -0.00545. The Labute approximate surface area is 202 Å². The van der Waals surface area contributed by atoms with Gasteiger partial charge in [-0.25, -0.2) is 4.98 Å². The van der Waals surface area contributed by atoms with Crippen molar-refractivity contribution in [2.45, 2.75) is 39.9 Å². The van der Waals surface area contributed by atoms with Gasteiger partial charge in [-0.1, -0.05) is 48.0 Å². The van der Waals surface area contributed by atoms with Crippen molar-refractivity contribution in [3.8, 4) is 11.1 Å². The molecule has 0 spiro atoms. The number of ether oxygens (including phenoxy) is 1. The Balaban J connectivity index is 1.61. The molecular formula is C29H33N3O2. The third-order valence-electron chi connectivity index (χ3n) is 6.25. The number of rotatable bonds is 6. The molecule has 5 nitrogen and oxygen atoms in total. The molecule has 4 rings (SSSR count). The molecule has 0 radical (unpaired) electrons. The molecule has 176 valence electrons. The number of aromatic nitrogens is 1. The first-order chi connectivity index (χ1) is 16.4. The van der Waals surface area contributed by atoms with Crippen LogP contribution in [0.5, 0.6) is 0 Å². The fourth-order valence-electron chi connectivity index (χ4n) is 4.65. The molecule has 1 saturated heterocycles. The van der Waals surface area contributed by atoms with Gasteiger partial charge in [0.15, 0.2) is 6.29 Å². The van der Waals surface area contributed by atoms with Crippen LogP contribution in [0.3, 0.4) is 0 Å². The minimum Gasteiger partial charge on any atom is -0.372 e. The van der Waals surface area contributed by atoms with Crippen LogP contribution >= 0.6 is 0 Å². The first-order valence-electron chi connectivity index (χ1n) is 11.8. The highest BCUT2D eigenvalue weighted by Crippen LogP contribution is 2.32. The smallest absolute Gasteiger partial charge is 0.150 e. The molecule has 0 saturated carbocycles. The number of morpholine rings is 1. The lowest BCUT2D eigenvalue weighted by Crippen LogP contribution is -2.45. The standard InChI is InChI=1S/C29H33N3O2/c1-20-9-11-24(12-10-20)27-8-6-7-25(19-33)29(27)21(2)16-31(5)26-13-14-28(30-15-26)32-17-22(3)34-23(4)18-32/h6-16,19,22-23H,17-18H2,1-5H3/b21-16-. The van der Waals surface area contributed by atoms with E-state index in [1.807, 2.05) is 25.4 Å². The SMILES string of the molecule is C/C(=C/N(C)c1ccc(N2CC(C)OC(C)C2)nc1)c1c(C=O)cccc1-c1ccc(C)cc1. The fraction of sp³-hybridized carbons (Fsp3) is 0.310. The van der Waals surface area contributed by atoms with Crippen molar-refractivity contribution in [3.63, 3.8) is 0 Å². The zero-order valence-electron chi connectivity index (χ0n) is 20.7. The molecule has 2 unspecified atom stereocenters. The Hall–Kier alpha value is -3.44. The van der Waals surface area contributed by atoms with E-state index in [1.165, 1.54) is 5.56 Å². The first kappa shape index (κ1) is 23.7. The molecule has 3 aromatic rings. The van der Waals surface area contributed by atoms with Gasteiger partial charge in [-0.05, 0) is 62.1 Å². The van der Waals surface area contributed by atoms with Gasteiger partial charge in [0.2, 0.25) is 0 Å². The second-order valence-electron chi connectivity index (χ2n) is 9.21. The lowest BCUT2D eigenvalue weighted by atomic mass is 9.91. The van der Waals surface area contributed by atoms with E-state index >= 15 is 0 Å². The molecule has 5 heteroatoms. The number of hydrogen-bond donors (Lipinski definition) is 0. The maximum absolute atomic E-state index is 11.9. The molecule has 34 heavy (non-hydrogen) atoms. The Morgan fingerprint density at radius 1 is 1.06 bits per heavy atom. The molecule has 0 N–H and O–H groups in total. The summed E-state index contributed by atoms with van der Waals surface area (Å²) in [6, 6.07) is 18.5. The number of aryl methyl sites for hydroxylation is 1. The van der Waals surface area contributed by atoms with Gasteiger partial charge in [-0.2, -0.15) is 0 Å². The number of hydrogen-bond acceptors (Lipinski definition) is 5. The zero-order chi connectivity index (χ0) is 24.2. The van der Waals surface area contributed by atoms with Crippen molar-refractivity contribution >= 4 is 23.4 Å². The number of anilines is 2. The third-order valence-corrected chi connectivity index (χ3v) is 6.25. The van der Waals surface area contributed by atoms with Gasteiger partial charge in [0, 0.05) is 31.9 Å². The molecule has 1 aliphatic rings. The summed E-state index contributed by atoms with van der Waals surface area (Å²) in [4.78, 5) is 20.9. The van der Waals surface area contributed by atoms with Crippen molar-refractivity contribution in [1.29, 1.82) is 0 Å². The van der Waals surface area contributed by atoms with Crippen molar-refractivity contribution in [2.24, 2.45) is 0 Å². The summed E-state index contributed by atoms with van der Waals surface area (Å²) in [5.74, 6) is 0.966. The van der Waals surface area contributed by atoms with Crippen LogP contribution in [0.4, 0.5) is 11.5 Å². The average Bonchev–Trinajstić information content (AvgIpc) is 2.83. The molecule has 0 amide bonds. The van der Waals surface area contributed by atoms with Gasteiger partial charge in [-0.15, -0.1) is 0 Å². The highest BCUT2D eigenvalue weighted by molar-refractivity contribution is 5.92. The molecule has 0 aliphatic carbocycles. The summed E-state index contributed by atoms with van der Waals surface area (Å²) in [6.07, 6.45) is 5.29. The summed E-state index contributed by atoms with van der Waals surface area (Å²) < 4.78 is 5.84. The van der Waals surface area contributed by atoms with Gasteiger partial charge in [0.25, 0.3) is 0 Å². The average molecular weight is 456 g/mol. The molecule has 1 fully saturated rings. The summed E-state index contributed by atoms with van der Waals surface area (Å²) in [6.45, 7) is 10.0. The van der Waals surface area contributed by atoms with Crippen LogP contribution < -0.4 is 9.80 Å². The monoisotopic (exact) mass is 455 g/mol. The quantitative estimate of drug-likeness (QED) is 0.428. The van der Waals surface area contributed by atoms with Crippen molar-refractivity contribution < 1.29 is 9.53 Å². The fourth-order valence-corrected chi connectivity index (χ4v) is 4.65. The van der Waals surface area contributed by atoms with E-state index in [-0.39, 0.29) is 12.2 Å². The van der Waals surface area contributed by atoms with E-state index < -0.39 is 0 Å². The number of nitrogens with zero attached hydrogens (tertiary/aromatic N) is 3. The van der Waals surface area contributed by atoms with Gasteiger partial charge >= 0.3 is 0 Å². The molecule has 0 bridgehead atoms. The van der Waals surface area contributed by atoms with Gasteiger partial charge < -0.3 is 14.5 Å². The Morgan fingerprint density at radius 3 is 2.38 bits per heavy atom. The maximum Gasteiger partial charge on any atom is 0.150 e. The van der Waals surface area contributed by atoms with Crippen LogP contribution in [0.1, 0.15) is 42.3 Å². The predicted octanol–water partition coefficient (Wildman–Crippen LogP) is 5.98. The van der Waals surface area contributed by atoms with Crippen LogP contribution in [-0.2, 0) is 4.74 Å². The van der Waals surface area contributed by atoms with Crippen molar-refractivity contribution in [2.75, 3.05) is 29.9 Å². The molecular weight excluding hydrogens is 422 g/mol. The number of allylic oxidation sites excluding steroid dienone is 1. The largest absolute Gasteiger partial charge is 0.372 e. The summed E-state index contributed by atoms with van der Waals surface area (Å²) >= 11 is 0. The summed E-state index contributed by atoms with van der Waals surface area (Å²) in [5.41, 5.74) is 6.99. The maximum atomic E-state index is 11.9. The number of benzene rings is 2. The second-order valence-corrected chi connectivity index (χ2v) is 9.21. The van der Waals surface area contributed by atoms with E-state index in [9.17, 15) is 4.79 Å². The molecule has 2 atom stereocenters. The zero-order valence-corrected chi connectivity index (χ0v) is 20.7. The van der Waals surface area contributed by atoms with Gasteiger partial charge in [0.05, 0.1) is 24.1 Å². The Kier molecular flexibility index (Phi) is 7.13. The summed E-state index contributed by atoms with van der Waals surface area (Å²) in [7, 11) is 2.01. The van der Waals surface area contributed by atoms with Crippen molar-refractivity contribution in [3.05, 3.63) is 83.7 Å². The summed E-state index contributed by atoms with van der Waals surface area (Å²) in [5, 5.41) is 0. The number of carbonyl (C=O) groups excluding carboxylic acids is 1. The van der Waals surface area contributed by atoms with Crippen LogP contribution in [-0.4, -0.2) is 43.6 Å².